The molecule has 1 aromatic heterocycles. The minimum atomic E-state index is -0.296. The first kappa shape index (κ1) is 17.4. The zero-order chi connectivity index (χ0) is 18.4. The van der Waals surface area contributed by atoms with Crippen LogP contribution in [0.1, 0.15) is 16.1 Å². The van der Waals surface area contributed by atoms with Crippen molar-refractivity contribution in [2.45, 2.75) is 6.61 Å². The van der Waals surface area contributed by atoms with Crippen LogP contribution < -0.4 is 15.0 Å². The van der Waals surface area contributed by atoms with E-state index >= 15 is 0 Å². The van der Waals surface area contributed by atoms with Crippen molar-refractivity contribution < 1.29 is 9.53 Å². The van der Waals surface area contributed by atoms with Crippen LogP contribution in [-0.2, 0) is 6.61 Å². The molecule has 0 unspecified atom stereocenters. The van der Waals surface area contributed by atoms with Crippen molar-refractivity contribution in [2.24, 2.45) is 0 Å². The number of carbonyl (C=O) groups is 1. The SMILES string of the molecule is CN(C)c1cc(C(=O)Nc2cccc(OCc3ccccc3)c2)ncn1. The molecule has 0 aliphatic carbocycles. The fourth-order valence-corrected chi connectivity index (χ4v) is 2.32. The second kappa shape index (κ2) is 8.11. The lowest BCUT2D eigenvalue weighted by Crippen LogP contribution is -2.16. The van der Waals surface area contributed by atoms with Gasteiger partial charge < -0.3 is 15.0 Å². The van der Waals surface area contributed by atoms with Crippen LogP contribution in [0.2, 0.25) is 0 Å². The smallest absolute Gasteiger partial charge is 0.274 e. The van der Waals surface area contributed by atoms with Crippen molar-refractivity contribution in [3.63, 3.8) is 0 Å². The average molecular weight is 348 g/mol. The molecule has 0 aliphatic heterocycles. The maximum Gasteiger partial charge on any atom is 0.274 e. The third-order valence-electron chi connectivity index (χ3n) is 3.68. The molecule has 132 valence electrons. The lowest BCUT2D eigenvalue weighted by atomic mass is 10.2. The fourth-order valence-electron chi connectivity index (χ4n) is 2.32. The van der Waals surface area contributed by atoms with Gasteiger partial charge in [0.15, 0.2) is 0 Å². The van der Waals surface area contributed by atoms with Crippen LogP contribution in [0.4, 0.5) is 11.5 Å². The third-order valence-corrected chi connectivity index (χ3v) is 3.68. The van der Waals surface area contributed by atoms with Crippen molar-refractivity contribution >= 4 is 17.4 Å². The number of hydrogen-bond acceptors (Lipinski definition) is 5. The molecule has 6 heteroatoms. The van der Waals surface area contributed by atoms with Gasteiger partial charge in [0.05, 0.1) is 0 Å². The molecule has 1 heterocycles. The standard InChI is InChI=1S/C20H20N4O2/c1-24(2)19-12-18(21-14-22-19)20(25)23-16-9-6-10-17(11-16)26-13-15-7-4-3-5-8-15/h3-12,14H,13H2,1-2H3,(H,23,25). The van der Waals surface area contributed by atoms with E-state index in [1.54, 1.807) is 18.2 Å². The van der Waals surface area contributed by atoms with Crippen LogP contribution >= 0.6 is 0 Å². The largest absolute Gasteiger partial charge is 0.489 e. The fraction of sp³-hybridized carbons (Fsp3) is 0.150. The first-order chi connectivity index (χ1) is 12.6. The van der Waals surface area contributed by atoms with Gasteiger partial charge in [0.2, 0.25) is 0 Å². The summed E-state index contributed by atoms with van der Waals surface area (Å²) in [5.41, 5.74) is 2.03. The lowest BCUT2D eigenvalue weighted by molar-refractivity contribution is 0.102. The summed E-state index contributed by atoms with van der Waals surface area (Å²) in [6.45, 7) is 0.469. The molecule has 0 fully saturated rings. The van der Waals surface area contributed by atoms with E-state index < -0.39 is 0 Å². The molecular formula is C20H20N4O2. The van der Waals surface area contributed by atoms with E-state index in [9.17, 15) is 4.79 Å². The molecule has 0 saturated carbocycles. The molecule has 0 spiro atoms. The van der Waals surface area contributed by atoms with Gasteiger partial charge in [0.25, 0.3) is 5.91 Å². The van der Waals surface area contributed by atoms with Gasteiger partial charge in [0.1, 0.15) is 30.2 Å². The molecule has 6 nitrogen and oxygen atoms in total. The van der Waals surface area contributed by atoms with Gasteiger partial charge in [-0.05, 0) is 17.7 Å². The van der Waals surface area contributed by atoms with Crippen molar-refractivity contribution in [3.05, 3.63) is 78.2 Å². The number of nitrogens with zero attached hydrogens (tertiary/aromatic N) is 3. The molecule has 3 aromatic rings. The number of aromatic nitrogens is 2. The van der Waals surface area contributed by atoms with Gasteiger partial charge in [-0.2, -0.15) is 0 Å². The minimum Gasteiger partial charge on any atom is -0.489 e. The van der Waals surface area contributed by atoms with Crippen LogP contribution in [0, 0.1) is 0 Å². The quantitative estimate of drug-likeness (QED) is 0.740. The number of carbonyl (C=O) groups excluding carboxylic acids is 1. The van der Waals surface area contributed by atoms with E-state index in [0.29, 0.717) is 29.6 Å². The van der Waals surface area contributed by atoms with Gasteiger partial charge in [-0.15, -0.1) is 0 Å². The molecule has 0 saturated heterocycles. The Bertz CT molecular complexity index is 882. The Morgan fingerprint density at radius 2 is 1.85 bits per heavy atom. The molecule has 26 heavy (non-hydrogen) atoms. The molecule has 2 aromatic carbocycles. The van der Waals surface area contributed by atoms with Crippen LogP contribution in [0.5, 0.6) is 5.75 Å². The van der Waals surface area contributed by atoms with E-state index in [4.69, 9.17) is 4.74 Å². The zero-order valence-corrected chi connectivity index (χ0v) is 14.7. The second-order valence-corrected chi connectivity index (χ2v) is 5.91. The topological polar surface area (TPSA) is 67.4 Å². The highest BCUT2D eigenvalue weighted by atomic mass is 16.5. The van der Waals surface area contributed by atoms with Gasteiger partial charge in [-0.25, -0.2) is 9.97 Å². The van der Waals surface area contributed by atoms with Gasteiger partial charge >= 0.3 is 0 Å². The van der Waals surface area contributed by atoms with Gasteiger partial charge in [-0.3, -0.25) is 4.79 Å². The molecule has 1 N–H and O–H groups in total. The van der Waals surface area contributed by atoms with Crippen molar-refractivity contribution in [2.75, 3.05) is 24.3 Å². The van der Waals surface area contributed by atoms with Crippen molar-refractivity contribution in [3.8, 4) is 5.75 Å². The number of rotatable bonds is 6. The van der Waals surface area contributed by atoms with Crippen molar-refractivity contribution in [1.29, 1.82) is 0 Å². The number of nitrogens with one attached hydrogen (secondary N) is 1. The number of anilines is 2. The van der Waals surface area contributed by atoms with Crippen LogP contribution in [-0.4, -0.2) is 30.0 Å². The summed E-state index contributed by atoms with van der Waals surface area (Å²) in [6.07, 6.45) is 1.38. The van der Waals surface area contributed by atoms with E-state index in [0.717, 1.165) is 5.56 Å². The van der Waals surface area contributed by atoms with Gasteiger partial charge in [0, 0.05) is 31.9 Å². The third kappa shape index (κ3) is 4.57. The average Bonchev–Trinajstić information content (AvgIpc) is 2.67. The lowest BCUT2D eigenvalue weighted by Gasteiger charge is -2.12. The Morgan fingerprint density at radius 1 is 1.04 bits per heavy atom. The summed E-state index contributed by atoms with van der Waals surface area (Å²) in [6, 6.07) is 18.8. The summed E-state index contributed by atoms with van der Waals surface area (Å²) in [5, 5.41) is 2.84. The van der Waals surface area contributed by atoms with Crippen molar-refractivity contribution in [1.82, 2.24) is 9.97 Å². The molecule has 0 aliphatic rings. The Morgan fingerprint density at radius 3 is 2.62 bits per heavy atom. The maximum atomic E-state index is 12.4. The Kier molecular flexibility index (Phi) is 5.43. The summed E-state index contributed by atoms with van der Waals surface area (Å²) in [4.78, 5) is 22.4. The molecular weight excluding hydrogens is 328 g/mol. The predicted octanol–water partition coefficient (Wildman–Crippen LogP) is 3.37. The van der Waals surface area contributed by atoms with E-state index in [1.807, 2.05) is 61.5 Å². The Hall–Kier alpha value is -3.41. The second-order valence-electron chi connectivity index (χ2n) is 5.91. The predicted molar refractivity (Wildman–Crippen MR) is 102 cm³/mol. The summed E-state index contributed by atoms with van der Waals surface area (Å²) in [7, 11) is 3.72. The van der Waals surface area contributed by atoms with E-state index in [2.05, 4.69) is 15.3 Å². The highest BCUT2D eigenvalue weighted by Crippen LogP contribution is 2.19. The van der Waals surface area contributed by atoms with Gasteiger partial charge in [-0.1, -0.05) is 36.4 Å². The highest BCUT2D eigenvalue weighted by molar-refractivity contribution is 6.03. The molecule has 1 amide bonds. The van der Waals surface area contributed by atoms with E-state index in [1.165, 1.54) is 6.33 Å². The first-order valence-corrected chi connectivity index (χ1v) is 8.19. The highest BCUT2D eigenvalue weighted by Gasteiger charge is 2.10. The zero-order valence-electron chi connectivity index (χ0n) is 14.7. The van der Waals surface area contributed by atoms with Crippen LogP contribution in [0.15, 0.2) is 67.0 Å². The van der Waals surface area contributed by atoms with E-state index in [-0.39, 0.29) is 5.91 Å². The Balaban J connectivity index is 1.66. The normalized spacial score (nSPS) is 10.2. The molecule has 0 bridgehead atoms. The maximum absolute atomic E-state index is 12.4. The number of hydrogen-bond donors (Lipinski definition) is 1. The monoisotopic (exact) mass is 348 g/mol. The molecule has 0 atom stereocenters. The minimum absolute atomic E-state index is 0.296. The number of amides is 1. The summed E-state index contributed by atoms with van der Waals surface area (Å²) >= 11 is 0. The number of ether oxygens (including phenoxy) is 1. The summed E-state index contributed by atoms with van der Waals surface area (Å²) in [5.74, 6) is 1.06. The molecule has 3 rings (SSSR count). The Labute approximate surface area is 152 Å². The number of benzene rings is 2. The summed E-state index contributed by atoms with van der Waals surface area (Å²) < 4.78 is 5.79. The molecule has 0 radical (unpaired) electrons. The van der Waals surface area contributed by atoms with Crippen LogP contribution in [0.3, 0.4) is 0 Å². The first-order valence-electron chi connectivity index (χ1n) is 8.19. The van der Waals surface area contributed by atoms with Crippen LogP contribution in [0.25, 0.3) is 0 Å².